The predicted molar refractivity (Wildman–Crippen MR) is 94.9 cm³/mol. The molecule has 2 heterocycles. The Hall–Kier alpha value is -1.00. The maximum atomic E-state index is 12.5. The highest BCUT2D eigenvalue weighted by Crippen LogP contribution is 2.31. The predicted octanol–water partition coefficient (Wildman–Crippen LogP) is 4.26. The number of rotatable bonds is 3. The fourth-order valence-corrected chi connectivity index (χ4v) is 4.67. The van der Waals surface area contributed by atoms with E-state index in [1.165, 1.54) is 0 Å². The van der Waals surface area contributed by atoms with Gasteiger partial charge in [0, 0.05) is 10.2 Å². The van der Waals surface area contributed by atoms with Crippen LogP contribution in [0.3, 0.4) is 0 Å². The third-order valence-corrected chi connectivity index (χ3v) is 7.06. The molecule has 3 rings (SSSR count). The number of nitrogens with zero attached hydrogens (tertiary/aromatic N) is 3. The number of anilines is 1. The summed E-state index contributed by atoms with van der Waals surface area (Å²) >= 11 is 15.9. The van der Waals surface area contributed by atoms with Gasteiger partial charge in [0.05, 0.1) is 0 Å². The molecule has 0 aliphatic carbocycles. The topological polar surface area (TPSA) is 84.8 Å². The minimum Gasteiger partial charge on any atom is -0.278 e. The number of nitrogens with one attached hydrogen (secondary N) is 1. The van der Waals surface area contributed by atoms with Gasteiger partial charge in [-0.1, -0.05) is 38.9 Å². The van der Waals surface area contributed by atoms with Gasteiger partial charge < -0.3 is 0 Å². The number of sulfonamides is 1. The summed E-state index contributed by atoms with van der Waals surface area (Å²) in [5.74, 6) is 0. The third-order valence-electron chi connectivity index (χ3n) is 2.81. The van der Waals surface area contributed by atoms with E-state index in [4.69, 9.17) is 23.2 Å². The van der Waals surface area contributed by atoms with Gasteiger partial charge in [0.15, 0.2) is 10.8 Å². The van der Waals surface area contributed by atoms with Crippen molar-refractivity contribution in [2.75, 3.05) is 4.72 Å². The van der Waals surface area contributed by atoms with E-state index in [9.17, 15) is 8.42 Å². The number of aryl methyl sites for hydroxylation is 1. The summed E-state index contributed by atoms with van der Waals surface area (Å²) in [5, 5.41) is -0.0216. The molecule has 23 heavy (non-hydrogen) atoms. The molecule has 0 spiro atoms. The van der Waals surface area contributed by atoms with Crippen molar-refractivity contribution in [1.29, 1.82) is 0 Å². The van der Waals surface area contributed by atoms with Gasteiger partial charge in [-0.3, -0.25) is 4.72 Å². The molecular formula is C12H7BrCl2N4O2S2. The fraction of sp³-hybridized carbons (Fsp3) is 0.0833. The van der Waals surface area contributed by atoms with Gasteiger partial charge in [0.2, 0.25) is 9.62 Å². The van der Waals surface area contributed by atoms with E-state index >= 15 is 0 Å². The fourth-order valence-electron chi connectivity index (χ4n) is 1.77. The largest absolute Gasteiger partial charge is 0.289 e. The summed E-state index contributed by atoms with van der Waals surface area (Å²) < 4.78 is 28.5. The first kappa shape index (κ1) is 16.8. The van der Waals surface area contributed by atoms with Crippen LogP contribution < -0.4 is 4.72 Å². The van der Waals surface area contributed by atoms with Gasteiger partial charge in [-0.25, -0.2) is 9.97 Å². The molecule has 0 amide bonds. The number of aromatic nitrogens is 3. The number of hydrogen-bond acceptors (Lipinski definition) is 6. The van der Waals surface area contributed by atoms with Gasteiger partial charge >= 0.3 is 0 Å². The third kappa shape index (κ3) is 3.43. The molecule has 11 heteroatoms. The molecule has 0 saturated carbocycles. The van der Waals surface area contributed by atoms with Crippen molar-refractivity contribution in [2.24, 2.45) is 0 Å². The minimum absolute atomic E-state index is 0.0680. The highest BCUT2D eigenvalue weighted by atomic mass is 79.9. The zero-order valence-corrected chi connectivity index (χ0v) is 16.1. The molecule has 0 bridgehead atoms. The van der Waals surface area contributed by atoms with E-state index in [2.05, 4.69) is 35.6 Å². The van der Waals surface area contributed by atoms with Crippen LogP contribution in [0.1, 0.15) is 5.56 Å². The Balaban J connectivity index is 2.02. The van der Waals surface area contributed by atoms with E-state index in [0.29, 0.717) is 10.4 Å². The normalized spacial score (nSPS) is 11.8. The lowest BCUT2D eigenvalue weighted by atomic mass is 10.2. The molecule has 0 unspecified atom stereocenters. The first-order valence-corrected chi connectivity index (χ1v) is 9.90. The number of thiazole rings is 1. The van der Waals surface area contributed by atoms with Crippen LogP contribution in [0.4, 0.5) is 5.69 Å². The number of halogens is 3. The van der Waals surface area contributed by atoms with Crippen molar-refractivity contribution in [1.82, 2.24) is 15.0 Å². The second kappa shape index (κ2) is 6.14. The Bertz CT molecular complexity index is 1020. The molecule has 0 radical (unpaired) electrons. The molecule has 6 nitrogen and oxygen atoms in total. The molecular weight excluding hydrogens is 447 g/mol. The monoisotopic (exact) mass is 452 g/mol. The maximum Gasteiger partial charge on any atom is 0.289 e. The van der Waals surface area contributed by atoms with E-state index in [1.807, 2.05) is 6.92 Å². The standard InChI is InChI=1S/C12H7BrCl2N4O2S2/c1-5-4-6(2-3-7(5)13)19-23(20,21)12-18-10-8(22-12)9(14)16-11(15)17-10/h2-4,19H,1H3. The molecule has 0 aliphatic heterocycles. The van der Waals surface area contributed by atoms with Crippen molar-refractivity contribution < 1.29 is 8.42 Å². The molecule has 1 N–H and O–H groups in total. The Morgan fingerprint density at radius 2 is 1.96 bits per heavy atom. The van der Waals surface area contributed by atoms with Gasteiger partial charge in [-0.15, -0.1) is 0 Å². The number of benzene rings is 1. The Morgan fingerprint density at radius 1 is 1.22 bits per heavy atom. The zero-order valence-electron chi connectivity index (χ0n) is 11.3. The van der Waals surface area contributed by atoms with Crippen molar-refractivity contribution in [3.63, 3.8) is 0 Å². The van der Waals surface area contributed by atoms with Crippen LogP contribution in [0.2, 0.25) is 10.4 Å². The van der Waals surface area contributed by atoms with E-state index in [-0.39, 0.29) is 20.4 Å². The van der Waals surface area contributed by atoms with Gasteiger partial charge in [-0.2, -0.15) is 13.4 Å². The molecule has 120 valence electrons. The highest BCUT2D eigenvalue weighted by Gasteiger charge is 2.22. The summed E-state index contributed by atoms with van der Waals surface area (Å²) in [7, 11) is -3.86. The summed E-state index contributed by atoms with van der Waals surface area (Å²) in [6.07, 6.45) is 0. The van der Waals surface area contributed by atoms with Crippen LogP contribution in [0.25, 0.3) is 10.3 Å². The Kier molecular flexibility index (Phi) is 4.49. The summed E-state index contributed by atoms with van der Waals surface area (Å²) in [6.45, 7) is 1.86. The number of fused-ring (bicyclic) bond motifs is 1. The van der Waals surface area contributed by atoms with Crippen molar-refractivity contribution >= 4 is 76.5 Å². The first-order valence-electron chi connectivity index (χ1n) is 6.05. The highest BCUT2D eigenvalue weighted by molar-refractivity contribution is 9.10. The summed E-state index contributed by atoms with van der Waals surface area (Å²) in [6, 6.07) is 5.11. The van der Waals surface area contributed by atoms with E-state index in [1.54, 1.807) is 18.2 Å². The summed E-state index contributed by atoms with van der Waals surface area (Å²) in [4.78, 5) is 11.6. The smallest absolute Gasteiger partial charge is 0.278 e. The lowest BCUT2D eigenvalue weighted by Crippen LogP contribution is -2.12. The van der Waals surface area contributed by atoms with Crippen molar-refractivity contribution in [2.45, 2.75) is 11.3 Å². The molecule has 0 atom stereocenters. The van der Waals surface area contributed by atoms with E-state index in [0.717, 1.165) is 21.4 Å². The average molecular weight is 454 g/mol. The molecule has 0 saturated heterocycles. The average Bonchev–Trinajstić information content (AvgIpc) is 2.87. The van der Waals surface area contributed by atoms with Crippen molar-refractivity contribution in [3.05, 3.63) is 38.7 Å². The molecule has 1 aromatic carbocycles. The Morgan fingerprint density at radius 3 is 2.65 bits per heavy atom. The molecule has 0 aliphatic rings. The SMILES string of the molecule is Cc1cc(NS(=O)(=O)c2nc3nc(Cl)nc(Cl)c3s2)ccc1Br. The molecule has 2 aromatic heterocycles. The van der Waals surface area contributed by atoms with Gasteiger partial charge in [-0.05, 0) is 42.3 Å². The lowest BCUT2D eigenvalue weighted by Gasteiger charge is -2.07. The maximum absolute atomic E-state index is 12.5. The van der Waals surface area contributed by atoms with Gasteiger partial charge in [0.25, 0.3) is 10.0 Å². The van der Waals surface area contributed by atoms with Crippen LogP contribution >= 0.6 is 50.5 Å². The van der Waals surface area contributed by atoms with Crippen LogP contribution in [0, 0.1) is 6.92 Å². The second-order valence-corrected chi connectivity index (χ2v) is 8.89. The minimum atomic E-state index is -3.86. The van der Waals surface area contributed by atoms with Crippen LogP contribution in [-0.2, 0) is 10.0 Å². The summed E-state index contributed by atoms with van der Waals surface area (Å²) in [5.41, 5.74) is 1.47. The lowest BCUT2D eigenvalue weighted by molar-refractivity contribution is 0.600. The second-order valence-electron chi connectivity index (χ2n) is 4.49. The van der Waals surface area contributed by atoms with Crippen LogP contribution in [0.15, 0.2) is 27.0 Å². The van der Waals surface area contributed by atoms with Gasteiger partial charge in [0.1, 0.15) is 4.70 Å². The first-order chi connectivity index (χ1) is 10.8. The quantitative estimate of drug-likeness (QED) is 0.472. The molecule has 0 fully saturated rings. The van der Waals surface area contributed by atoms with E-state index < -0.39 is 10.0 Å². The van der Waals surface area contributed by atoms with Crippen LogP contribution in [-0.4, -0.2) is 23.4 Å². The number of hydrogen-bond donors (Lipinski definition) is 1. The van der Waals surface area contributed by atoms with Crippen molar-refractivity contribution in [3.8, 4) is 0 Å². The molecule has 3 aromatic rings. The van der Waals surface area contributed by atoms with Crippen LogP contribution in [0.5, 0.6) is 0 Å². The zero-order chi connectivity index (χ0) is 16.8. The Labute approximate surface area is 154 Å².